The molecule has 3 aromatic rings. The van der Waals surface area contributed by atoms with E-state index in [0.717, 1.165) is 12.0 Å². The van der Waals surface area contributed by atoms with Crippen LogP contribution < -0.4 is 11.1 Å². The Morgan fingerprint density at radius 2 is 2.21 bits per heavy atom. The number of benzene rings is 1. The highest BCUT2D eigenvalue weighted by atomic mass is 16.5. The van der Waals surface area contributed by atoms with Crippen molar-refractivity contribution in [2.24, 2.45) is 0 Å². The molecule has 0 saturated heterocycles. The van der Waals surface area contributed by atoms with Crippen molar-refractivity contribution in [3.63, 3.8) is 0 Å². The number of carbonyl (C=O) groups is 1. The van der Waals surface area contributed by atoms with Crippen molar-refractivity contribution in [3.8, 4) is 0 Å². The SMILES string of the molecule is CC[C@H](C)NC(=O)c1nc(Cn2c(=O)oc3ccc(C)cc32)no1. The zero-order valence-electron chi connectivity index (χ0n) is 13.7. The lowest BCUT2D eigenvalue weighted by molar-refractivity contribution is 0.0895. The second kappa shape index (κ2) is 6.31. The van der Waals surface area contributed by atoms with Gasteiger partial charge in [-0.2, -0.15) is 4.98 Å². The number of oxazole rings is 1. The van der Waals surface area contributed by atoms with Gasteiger partial charge in [-0.3, -0.25) is 9.36 Å². The number of carbonyl (C=O) groups excluding carboxylic acids is 1. The van der Waals surface area contributed by atoms with Crippen molar-refractivity contribution in [1.82, 2.24) is 20.0 Å². The molecule has 2 aromatic heterocycles. The second-order valence-electron chi connectivity index (χ2n) is 5.72. The van der Waals surface area contributed by atoms with E-state index >= 15 is 0 Å². The quantitative estimate of drug-likeness (QED) is 0.766. The molecule has 126 valence electrons. The molecule has 0 unspecified atom stereocenters. The first kappa shape index (κ1) is 16.0. The zero-order valence-corrected chi connectivity index (χ0v) is 13.7. The fraction of sp³-hybridized carbons (Fsp3) is 0.375. The molecule has 0 spiro atoms. The zero-order chi connectivity index (χ0) is 17.3. The van der Waals surface area contributed by atoms with Gasteiger partial charge in [-0.1, -0.05) is 18.1 Å². The standard InChI is InChI=1S/C16H18N4O4/c1-4-10(3)17-14(21)15-18-13(19-24-15)8-20-11-7-9(2)5-6-12(11)23-16(20)22/h5-7,10H,4,8H2,1-3H3,(H,17,21)/t10-/m0/s1. The molecule has 0 aliphatic heterocycles. The highest BCUT2D eigenvalue weighted by Gasteiger charge is 2.18. The van der Waals surface area contributed by atoms with Gasteiger partial charge >= 0.3 is 17.6 Å². The smallest absolute Gasteiger partial charge is 0.408 e. The van der Waals surface area contributed by atoms with Crippen LogP contribution in [0.2, 0.25) is 0 Å². The van der Waals surface area contributed by atoms with Crippen molar-refractivity contribution >= 4 is 17.0 Å². The Morgan fingerprint density at radius 3 is 2.96 bits per heavy atom. The third kappa shape index (κ3) is 3.08. The van der Waals surface area contributed by atoms with Gasteiger partial charge in [0.15, 0.2) is 11.4 Å². The monoisotopic (exact) mass is 330 g/mol. The van der Waals surface area contributed by atoms with Crippen LogP contribution >= 0.6 is 0 Å². The van der Waals surface area contributed by atoms with Gasteiger partial charge in [-0.25, -0.2) is 4.79 Å². The minimum Gasteiger partial charge on any atom is -0.408 e. The van der Waals surface area contributed by atoms with E-state index in [4.69, 9.17) is 8.94 Å². The first-order valence-corrected chi connectivity index (χ1v) is 7.71. The second-order valence-corrected chi connectivity index (χ2v) is 5.72. The molecule has 0 fully saturated rings. The summed E-state index contributed by atoms with van der Waals surface area (Å²) in [6, 6.07) is 5.46. The third-order valence-corrected chi connectivity index (χ3v) is 3.77. The molecule has 0 aliphatic carbocycles. The van der Waals surface area contributed by atoms with E-state index in [0.29, 0.717) is 11.1 Å². The molecule has 3 rings (SSSR count). The van der Waals surface area contributed by atoms with E-state index in [-0.39, 0.29) is 24.3 Å². The van der Waals surface area contributed by atoms with Crippen LogP contribution in [0.1, 0.15) is 42.3 Å². The predicted molar refractivity (Wildman–Crippen MR) is 85.8 cm³/mol. The Labute approximate surface area is 137 Å². The number of fused-ring (bicyclic) bond motifs is 1. The topological polar surface area (TPSA) is 103 Å². The number of hydrogen-bond acceptors (Lipinski definition) is 6. The van der Waals surface area contributed by atoms with Gasteiger partial charge < -0.3 is 14.3 Å². The average molecular weight is 330 g/mol. The van der Waals surface area contributed by atoms with Crippen LogP contribution in [-0.2, 0) is 6.54 Å². The van der Waals surface area contributed by atoms with Crippen molar-refractivity contribution in [1.29, 1.82) is 0 Å². The Hall–Kier alpha value is -2.90. The summed E-state index contributed by atoms with van der Waals surface area (Å²) in [5, 5.41) is 6.51. The third-order valence-electron chi connectivity index (χ3n) is 3.77. The highest BCUT2D eigenvalue weighted by Crippen LogP contribution is 2.15. The fourth-order valence-electron chi connectivity index (χ4n) is 2.26. The van der Waals surface area contributed by atoms with Gasteiger partial charge in [0, 0.05) is 6.04 Å². The first-order chi connectivity index (χ1) is 11.5. The number of rotatable bonds is 5. The van der Waals surface area contributed by atoms with Crippen molar-refractivity contribution in [2.75, 3.05) is 0 Å². The molecular formula is C16H18N4O4. The molecular weight excluding hydrogens is 312 g/mol. The molecule has 2 heterocycles. The predicted octanol–water partition coefficient (Wildman–Crippen LogP) is 1.86. The van der Waals surface area contributed by atoms with Crippen molar-refractivity contribution in [3.05, 3.63) is 46.0 Å². The molecule has 24 heavy (non-hydrogen) atoms. The van der Waals surface area contributed by atoms with Crippen molar-refractivity contribution in [2.45, 2.75) is 39.8 Å². The molecule has 0 radical (unpaired) electrons. The van der Waals surface area contributed by atoms with Crippen LogP contribution in [0.5, 0.6) is 0 Å². The van der Waals surface area contributed by atoms with E-state index < -0.39 is 11.7 Å². The Bertz CT molecular complexity index is 937. The maximum atomic E-state index is 12.0. The van der Waals surface area contributed by atoms with Crippen LogP contribution in [0.4, 0.5) is 0 Å². The molecule has 1 atom stereocenters. The van der Waals surface area contributed by atoms with Gasteiger partial charge in [-0.15, -0.1) is 0 Å². The molecule has 1 N–H and O–H groups in total. The van der Waals surface area contributed by atoms with E-state index in [2.05, 4.69) is 15.5 Å². The minimum atomic E-state index is -0.508. The number of amides is 1. The number of aryl methyl sites for hydroxylation is 1. The maximum absolute atomic E-state index is 12.0. The lowest BCUT2D eigenvalue weighted by Gasteiger charge is -2.07. The molecule has 8 nitrogen and oxygen atoms in total. The van der Waals surface area contributed by atoms with Crippen LogP contribution in [-0.4, -0.2) is 26.7 Å². The van der Waals surface area contributed by atoms with Crippen LogP contribution in [0.15, 0.2) is 31.9 Å². The molecule has 0 bridgehead atoms. The van der Waals surface area contributed by atoms with Gasteiger partial charge in [0.25, 0.3) is 0 Å². The van der Waals surface area contributed by atoms with E-state index in [1.54, 1.807) is 6.07 Å². The van der Waals surface area contributed by atoms with Gasteiger partial charge in [-0.05, 0) is 38.0 Å². The Balaban J connectivity index is 1.85. The highest BCUT2D eigenvalue weighted by molar-refractivity contribution is 5.89. The molecule has 0 saturated carbocycles. The molecule has 8 heteroatoms. The minimum absolute atomic E-state index is 0.0104. The normalized spacial score (nSPS) is 12.5. The Morgan fingerprint density at radius 1 is 1.42 bits per heavy atom. The van der Waals surface area contributed by atoms with Gasteiger partial charge in [0.2, 0.25) is 0 Å². The first-order valence-electron chi connectivity index (χ1n) is 7.71. The Kier molecular flexibility index (Phi) is 4.20. The summed E-state index contributed by atoms with van der Waals surface area (Å²) in [5.74, 6) is -0.827. The maximum Gasteiger partial charge on any atom is 0.420 e. The number of aromatic nitrogens is 3. The van der Waals surface area contributed by atoms with Crippen LogP contribution in [0, 0.1) is 6.92 Å². The van der Waals surface area contributed by atoms with E-state index in [1.165, 1.54) is 4.57 Å². The van der Waals surface area contributed by atoms with Crippen LogP contribution in [0.3, 0.4) is 0 Å². The van der Waals surface area contributed by atoms with Crippen LogP contribution in [0.25, 0.3) is 11.1 Å². The fourth-order valence-corrected chi connectivity index (χ4v) is 2.26. The van der Waals surface area contributed by atoms with Gasteiger partial charge in [0.05, 0.1) is 12.1 Å². The number of nitrogens with one attached hydrogen (secondary N) is 1. The lowest BCUT2D eigenvalue weighted by Crippen LogP contribution is -2.32. The number of nitrogens with zero attached hydrogens (tertiary/aromatic N) is 3. The summed E-state index contributed by atoms with van der Waals surface area (Å²) < 4.78 is 11.6. The summed E-state index contributed by atoms with van der Waals surface area (Å²) in [5.41, 5.74) is 2.14. The summed E-state index contributed by atoms with van der Waals surface area (Å²) >= 11 is 0. The van der Waals surface area contributed by atoms with E-state index in [9.17, 15) is 9.59 Å². The summed E-state index contributed by atoms with van der Waals surface area (Å²) in [4.78, 5) is 28.0. The number of hydrogen-bond donors (Lipinski definition) is 1. The molecule has 1 aromatic carbocycles. The summed E-state index contributed by atoms with van der Waals surface area (Å²) in [6.07, 6.45) is 0.794. The van der Waals surface area contributed by atoms with Gasteiger partial charge in [0.1, 0.15) is 0 Å². The van der Waals surface area contributed by atoms with E-state index in [1.807, 2.05) is 32.9 Å². The largest absolute Gasteiger partial charge is 0.420 e. The summed E-state index contributed by atoms with van der Waals surface area (Å²) in [6.45, 7) is 5.83. The summed E-state index contributed by atoms with van der Waals surface area (Å²) in [7, 11) is 0. The average Bonchev–Trinajstić information content (AvgIpc) is 3.13. The lowest BCUT2D eigenvalue weighted by atomic mass is 10.2. The van der Waals surface area contributed by atoms with Crippen molar-refractivity contribution < 1.29 is 13.7 Å². The molecule has 1 amide bonds. The molecule has 0 aliphatic rings.